The van der Waals surface area contributed by atoms with E-state index in [0.29, 0.717) is 25.4 Å². The molecular weight excluding hydrogens is 302 g/mol. The fourth-order valence-corrected chi connectivity index (χ4v) is 3.25. The van der Waals surface area contributed by atoms with Crippen molar-refractivity contribution in [2.24, 2.45) is 11.7 Å². The number of primary amides is 1. The van der Waals surface area contributed by atoms with Crippen molar-refractivity contribution in [3.05, 3.63) is 29.3 Å². The summed E-state index contributed by atoms with van der Waals surface area (Å²) in [6.45, 7) is 2.38. The number of nitrogens with zero attached hydrogens (tertiary/aromatic N) is 1. The van der Waals surface area contributed by atoms with E-state index in [9.17, 15) is 9.59 Å². The molecule has 1 saturated heterocycles. The van der Waals surface area contributed by atoms with Crippen molar-refractivity contribution >= 4 is 29.9 Å². The maximum Gasteiger partial charge on any atom is 0.253 e. The molecule has 5 nitrogen and oxygen atoms in total. The third-order valence-corrected chi connectivity index (χ3v) is 4.45. The van der Waals surface area contributed by atoms with Gasteiger partial charge in [-0.25, -0.2) is 0 Å². The number of anilines is 1. The molecular formula is C16H22ClN3O2. The van der Waals surface area contributed by atoms with Crippen molar-refractivity contribution in [1.29, 1.82) is 0 Å². The SMILES string of the molecule is Cl.NC(=O)CC1CCN(C(=O)c2ccc3c(c2)CCN3)CC1. The molecule has 2 aliphatic rings. The molecule has 3 rings (SSSR count). The largest absolute Gasteiger partial charge is 0.384 e. The highest BCUT2D eigenvalue weighted by Gasteiger charge is 2.25. The van der Waals surface area contributed by atoms with Crippen LogP contribution in [0.2, 0.25) is 0 Å². The third-order valence-electron chi connectivity index (χ3n) is 4.45. The van der Waals surface area contributed by atoms with Gasteiger partial charge in [-0.1, -0.05) is 0 Å². The summed E-state index contributed by atoms with van der Waals surface area (Å²) in [4.78, 5) is 25.4. The van der Waals surface area contributed by atoms with Crippen molar-refractivity contribution in [1.82, 2.24) is 4.90 Å². The first-order valence-corrected chi connectivity index (χ1v) is 7.58. The van der Waals surface area contributed by atoms with E-state index >= 15 is 0 Å². The van der Waals surface area contributed by atoms with E-state index < -0.39 is 0 Å². The molecule has 0 aliphatic carbocycles. The number of amides is 2. The number of halogens is 1. The molecule has 22 heavy (non-hydrogen) atoms. The first-order chi connectivity index (χ1) is 10.1. The summed E-state index contributed by atoms with van der Waals surface area (Å²) in [6.07, 6.45) is 3.14. The van der Waals surface area contributed by atoms with Crippen molar-refractivity contribution in [3.8, 4) is 0 Å². The van der Waals surface area contributed by atoms with Crippen LogP contribution in [0.1, 0.15) is 35.2 Å². The number of carbonyl (C=O) groups is 2. The zero-order chi connectivity index (χ0) is 14.8. The molecule has 6 heteroatoms. The molecule has 2 aliphatic heterocycles. The van der Waals surface area contributed by atoms with Gasteiger partial charge in [0.2, 0.25) is 5.91 Å². The van der Waals surface area contributed by atoms with E-state index in [1.54, 1.807) is 0 Å². The Morgan fingerprint density at radius 1 is 1.27 bits per heavy atom. The van der Waals surface area contributed by atoms with E-state index in [-0.39, 0.29) is 24.2 Å². The summed E-state index contributed by atoms with van der Waals surface area (Å²) < 4.78 is 0. The van der Waals surface area contributed by atoms with Gasteiger partial charge >= 0.3 is 0 Å². The van der Waals surface area contributed by atoms with Gasteiger partial charge in [-0.2, -0.15) is 0 Å². The van der Waals surface area contributed by atoms with E-state index in [1.807, 2.05) is 23.1 Å². The monoisotopic (exact) mass is 323 g/mol. The van der Waals surface area contributed by atoms with Gasteiger partial charge in [0.15, 0.2) is 0 Å². The lowest BCUT2D eigenvalue weighted by Crippen LogP contribution is -2.39. The molecule has 1 aromatic carbocycles. The van der Waals surface area contributed by atoms with Gasteiger partial charge in [-0.15, -0.1) is 12.4 Å². The highest BCUT2D eigenvalue weighted by molar-refractivity contribution is 5.95. The highest BCUT2D eigenvalue weighted by Crippen LogP contribution is 2.25. The summed E-state index contributed by atoms with van der Waals surface area (Å²) in [5.74, 6) is 0.184. The summed E-state index contributed by atoms with van der Waals surface area (Å²) in [6, 6.07) is 5.90. The average Bonchev–Trinajstić information content (AvgIpc) is 2.94. The number of fused-ring (bicyclic) bond motifs is 1. The second-order valence-corrected chi connectivity index (χ2v) is 5.95. The molecule has 0 aromatic heterocycles. The van der Waals surface area contributed by atoms with Crippen LogP contribution in [-0.4, -0.2) is 36.3 Å². The lowest BCUT2D eigenvalue weighted by molar-refractivity contribution is -0.119. The quantitative estimate of drug-likeness (QED) is 0.890. The molecule has 2 amide bonds. The van der Waals surface area contributed by atoms with E-state index in [2.05, 4.69) is 5.32 Å². The molecule has 1 fully saturated rings. The minimum Gasteiger partial charge on any atom is -0.384 e. The summed E-state index contributed by atoms with van der Waals surface area (Å²) in [7, 11) is 0. The fourth-order valence-electron chi connectivity index (χ4n) is 3.25. The minimum atomic E-state index is -0.245. The summed E-state index contributed by atoms with van der Waals surface area (Å²) in [5, 5.41) is 3.30. The standard InChI is InChI=1S/C16H21N3O2.ClH/c17-15(20)9-11-4-7-19(8-5-11)16(21)13-1-2-14-12(10-13)3-6-18-14;/h1-2,10-11,18H,3-9H2,(H2,17,20);1H. The van der Waals surface area contributed by atoms with Gasteiger partial charge in [-0.3, -0.25) is 9.59 Å². The van der Waals surface area contributed by atoms with Crippen molar-refractivity contribution in [2.75, 3.05) is 25.0 Å². The second kappa shape index (κ2) is 7.01. The lowest BCUT2D eigenvalue weighted by atomic mass is 9.93. The Labute approximate surface area is 136 Å². The fraction of sp³-hybridized carbons (Fsp3) is 0.500. The van der Waals surface area contributed by atoms with Crippen LogP contribution in [-0.2, 0) is 11.2 Å². The number of hydrogen-bond donors (Lipinski definition) is 2. The molecule has 0 saturated carbocycles. The Kier molecular flexibility index (Phi) is 5.29. The van der Waals surface area contributed by atoms with E-state index in [4.69, 9.17) is 5.73 Å². The van der Waals surface area contributed by atoms with Crippen LogP contribution in [0.5, 0.6) is 0 Å². The van der Waals surface area contributed by atoms with Crippen LogP contribution in [0.25, 0.3) is 0 Å². The normalized spacial score (nSPS) is 17.4. The van der Waals surface area contributed by atoms with Gasteiger partial charge in [0.1, 0.15) is 0 Å². The van der Waals surface area contributed by atoms with Gasteiger partial charge in [-0.05, 0) is 48.9 Å². The maximum atomic E-state index is 12.5. The molecule has 0 atom stereocenters. The van der Waals surface area contributed by atoms with E-state index in [0.717, 1.165) is 37.1 Å². The number of hydrogen-bond acceptors (Lipinski definition) is 3. The number of carbonyl (C=O) groups excluding carboxylic acids is 2. The third kappa shape index (κ3) is 3.53. The number of nitrogens with two attached hydrogens (primary N) is 1. The average molecular weight is 324 g/mol. The first-order valence-electron chi connectivity index (χ1n) is 7.58. The summed E-state index contributed by atoms with van der Waals surface area (Å²) in [5.41, 5.74) is 8.38. The number of piperidine rings is 1. The molecule has 0 unspecified atom stereocenters. The Balaban J connectivity index is 0.00000176. The number of likely N-dealkylation sites (tertiary alicyclic amines) is 1. The molecule has 0 radical (unpaired) electrons. The van der Waals surface area contributed by atoms with Crippen LogP contribution in [0.3, 0.4) is 0 Å². The van der Waals surface area contributed by atoms with Gasteiger partial charge < -0.3 is 16.0 Å². The molecule has 1 aromatic rings. The molecule has 0 bridgehead atoms. The van der Waals surface area contributed by atoms with Gasteiger partial charge in [0, 0.05) is 37.3 Å². The van der Waals surface area contributed by atoms with Crippen LogP contribution >= 0.6 is 12.4 Å². The predicted octanol–water partition coefficient (Wildman–Crippen LogP) is 1.80. The topological polar surface area (TPSA) is 75.4 Å². The number of rotatable bonds is 3. The lowest BCUT2D eigenvalue weighted by Gasteiger charge is -2.31. The Morgan fingerprint density at radius 3 is 2.68 bits per heavy atom. The Hall–Kier alpha value is -1.75. The van der Waals surface area contributed by atoms with Gasteiger partial charge in [0.05, 0.1) is 0 Å². The Morgan fingerprint density at radius 2 is 2.00 bits per heavy atom. The predicted molar refractivity (Wildman–Crippen MR) is 88.3 cm³/mol. The zero-order valence-electron chi connectivity index (χ0n) is 12.5. The zero-order valence-corrected chi connectivity index (χ0v) is 13.3. The highest BCUT2D eigenvalue weighted by atomic mass is 35.5. The number of nitrogens with one attached hydrogen (secondary N) is 1. The minimum absolute atomic E-state index is 0. The second-order valence-electron chi connectivity index (χ2n) is 5.95. The molecule has 120 valence electrons. The van der Waals surface area contributed by atoms with E-state index in [1.165, 1.54) is 5.56 Å². The van der Waals surface area contributed by atoms with Crippen LogP contribution in [0, 0.1) is 5.92 Å². The Bertz CT molecular complexity index is 569. The van der Waals surface area contributed by atoms with Gasteiger partial charge in [0.25, 0.3) is 5.91 Å². The summed E-state index contributed by atoms with van der Waals surface area (Å²) >= 11 is 0. The molecule has 0 spiro atoms. The van der Waals surface area contributed by atoms with Crippen LogP contribution in [0.4, 0.5) is 5.69 Å². The first kappa shape index (κ1) is 16.6. The molecule has 2 heterocycles. The van der Waals surface area contributed by atoms with Crippen molar-refractivity contribution in [2.45, 2.75) is 25.7 Å². The van der Waals surface area contributed by atoms with Crippen molar-refractivity contribution < 1.29 is 9.59 Å². The number of benzene rings is 1. The smallest absolute Gasteiger partial charge is 0.253 e. The van der Waals surface area contributed by atoms with Crippen molar-refractivity contribution in [3.63, 3.8) is 0 Å². The van der Waals surface area contributed by atoms with Crippen LogP contribution < -0.4 is 11.1 Å². The molecule has 3 N–H and O–H groups in total. The van der Waals surface area contributed by atoms with Crippen LogP contribution in [0.15, 0.2) is 18.2 Å². The maximum absolute atomic E-state index is 12.5.